The molecule has 0 aliphatic rings. The summed E-state index contributed by atoms with van der Waals surface area (Å²) >= 11 is 1.49. The van der Waals surface area contributed by atoms with Crippen molar-refractivity contribution in [1.82, 2.24) is 4.98 Å². The Morgan fingerprint density at radius 2 is 1.93 bits per heavy atom. The number of benzene rings is 1. The maximum atomic E-state index is 5.56. The molecule has 0 N–H and O–H groups in total. The second kappa shape index (κ2) is 4.45. The molecule has 0 spiro atoms. The predicted molar refractivity (Wildman–Crippen MR) is 62.7 cm³/mol. The molecule has 0 bridgehead atoms. The van der Waals surface area contributed by atoms with E-state index in [0.29, 0.717) is 11.1 Å². The largest absolute Gasteiger partial charge is 0.431 e. The number of hydrogen-bond acceptors (Lipinski definition) is 3. The third kappa shape index (κ3) is 2.57. The van der Waals surface area contributed by atoms with Gasteiger partial charge in [0.15, 0.2) is 0 Å². The Hall–Kier alpha value is -1.35. The van der Waals surface area contributed by atoms with Crippen LogP contribution in [0.5, 0.6) is 10.9 Å². The van der Waals surface area contributed by atoms with Gasteiger partial charge in [-0.25, -0.2) is 4.98 Å². The van der Waals surface area contributed by atoms with E-state index in [9.17, 15) is 0 Å². The maximum Gasteiger partial charge on any atom is 0.278 e. The van der Waals surface area contributed by atoms with E-state index in [1.54, 1.807) is 6.20 Å². The fraction of sp³-hybridized carbons (Fsp3) is 0.250. The average Bonchev–Trinajstić information content (AvgIpc) is 2.71. The van der Waals surface area contributed by atoms with Gasteiger partial charge >= 0.3 is 0 Å². The van der Waals surface area contributed by atoms with Crippen LogP contribution in [0.25, 0.3) is 0 Å². The molecule has 0 fully saturated rings. The van der Waals surface area contributed by atoms with Gasteiger partial charge in [0.05, 0.1) is 0 Å². The molecule has 3 heteroatoms. The fourth-order valence-corrected chi connectivity index (χ4v) is 1.79. The minimum Gasteiger partial charge on any atom is -0.431 e. The molecule has 0 aliphatic heterocycles. The number of hydrogen-bond donors (Lipinski definition) is 0. The quantitative estimate of drug-likeness (QED) is 0.776. The summed E-state index contributed by atoms with van der Waals surface area (Å²) in [5.74, 6) is 1.40. The summed E-state index contributed by atoms with van der Waals surface area (Å²) in [5.41, 5.74) is 1.32. The Morgan fingerprint density at radius 1 is 1.20 bits per heavy atom. The molecule has 0 saturated carbocycles. The van der Waals surface area contributed by atoms with Gasteiger partial charge in [-0.3, -0.25) is 0 Å². The molecule has 2 nitrogen and oxygen atoms in total. The van der Waals surface area contributed by atoms with E-state index in [1.807, 2.05) is 17.5 Å². The third-order valence-electron chi connectivity index (χ3n) is 2.16. The van der Waals surface area contributed by atoms with Crippen molar-refractivity contribution in [1.29, 1.82) is 0 Å². The van der Waals surface area contributed by atoms with Gasteiger partial charge in [0.25, 0.3) is 5.19 Å². The SMILES string of the molecule is CC(C)c1ccc(Oc2nccs2)cc1. The van der Waals surface area contributed by atoms with Crippen molar-refractivity contribution < 1.29 is 4.74 Å². The topological polar surface area (TPSA) is 22.1 Å². The molecule has 1 aromatic heterocycles. The van der Waals surface area contributed by atoms with Crippen molar-refractivity contribution in [2.45, 2.75) is 19.8 Å². The van der Waals surface area contributed by atoms with E-state index in [1.165, 1.54) is 16.9 Å². The Balaban J connectivity index is 2.11. The van der Waals surface area contributed by atoms with Crippen molar-refractivity contribution in [2.75, 3.05) is 0 Å². The highest BCUT2D eigenvalue weighted by atomic mass is 32.1. The van der Waals surface area contributed by atoms with Gasteiger partial charge in [0, 0.05) is 11.6 Å². The molecule has 0 atom stereocenters. The van der Waals surface area contributed by atoms with Crippen molar-refractivity contribution >= 4 is 11.3 Å². The van der Waals surface area contributed by atoms with E-state index >= 15 is 0 Å². The number of thiazole rings is 1. The van der Waals surface area contributed by atoms with Gasteiger partial charge in [-0.15, -0.1) is 0 Å². The molecule has 1 aromatic carbocycles. The standard InChI is InChI=1S/C12H13NOS/c1-9(2)10-3-5-11(6-4-10)14-12-13-7-8-15-12/h3-9H,1-2H3. The number of nitrogens with zero attached hydrogens (tertiary/aromatic N) is 1. The van der Waals surface area contributed by atoms with Gasteiger partial charge < -0.3 is 4.74 Å². The van der Waals surface area contributed by atoms with E-state index in [4.69, 9.17) is 4.74 Å². The van der Waals surface area contributed by atoms with Crippen molar-refractivity contribution in [3.8, 4) is 10.9 Å². The summed E-state index contributed by atoms with van der Waals surface area (Å²) < 4.78 is 5.56. The lowest BCUT2D eigenvalue weighted by molar-refractivity contribution is 0.478. The van der Waals surface area contributed by atoms with Crippen LogP contribution in [0, 0.1) is 0 Å². The summed E-state index contributed by atoms with van der Waals surface area (Å²) in [5, 5.41) is 2.59. The molecule has 15 heavy (non-hydrogen) atoms. The molecule has 2 rings (SSSR count). The van der Waals surface area contributed by atoms with Crippen molar-refractivity contribution in [3.05, 3.63) is 41.4 Å². The summed E-state index contributed by atoms with van der Waals surface area (Å²) in [6, 6.07) is 8.15. The van der Waals surface area contributed by atoms with E-state index in [-0.39, 0.29) is 0 Å². The lowest BCUT2D eigenvalue weighted by atomic mass is 10.0. The Kier molecular flexibility index (Phi) is 3.02. The zero-order valence-electron chi connectivity index (χ0n) is 8.81. The Bertz CT molecular complexity index is 406. The molecule has 0 saturated heterocycles. The fourth-order valence-electron chi connectivity index (χ4n) is 1.28. The average molecular weight is 219 g/mol. The molecule has 2 aromatic rings. The van der Waals surface area contributed by atoms with Crippen LogP contribution in [0.1, 0.15) is 25.3 Å². The third-order valence-corrected chi connectivity index (χ3v) is 2.81. The molecule has 1 heterocycles. The lowest BCUT2D eigenvalue weighted by Crippen LogP contribution is -1.87. The van der Waals surface area contributed by atoms with E-state index in [2.05, 4.69) is 31.0 Å². The molecule has 0 amide bonds. The first kappa shape index (κ1) is 10.2. The van der Waals surface area contributed by atoms with Gasteiger partial charge in [0.1, 0.15) is 5.75 Å². The molecule has 0 radical (unpaired) electrons. The van der Waals surface area contributed by atoms with Gasteiger partial charge in [-0.2, -0.15) is 0 Å². The first-order chi connectivity index (χ1) is 7.25. The van der Waals surface area contributed by atoms with Crippen LogP contribution in [0.4, 0.5) is 0 Å². The second-order valence-corrected chi connectivity index (χ2v) is 4.48. The number of ether oxygens (including phenoxy) is 1. The zero-order valence-corrected chi connectivity index (χ0v) is 9.62. The van der Waals surface area contributed by atoms with Crippen molar-refractivity contribution in [2.24, 2.45) is 0 Å². The van der Waals surface area contributed by atoms with Crippen LogP contribution in [0.3, 0.4) is 0 Å². The second-order valence-electron chi connectivity index (χ2n) is 3.62. The van der Waals surface area contributed by atoms with Gasteiger partial charge in [-0.05, 0) is 23.6 Å². The van der Waals surface area contributed by atoms with Crippen LogP contribution >= 0.6 is 11.3 Å². The van der Waals surface area contributed by atoms with Crippen molar-refractivity contribution in [3.63, 3.8) is 0 Å². The first-order valence-electron chi connectivity index (χ1n) is 4.93. The van der Waals surface area contributed by atoms with Crippen LogP contribution in [-0.2, 0) is 0 Å². The molecule has 0 aliphatic carbocycles. The summed E-state index contributed by atoms with van der Waals surface area (Å²) in [7, 11) is 0. The molecule has 0 unspecified atom stereocenters. The smallest absolute Gasteiger partial charge is 0.278 e. The van der Waals surface area contributed by atoms with Crippen LogP contribution in [0.15, 0.2) is 35.8 Å². The Labute approximate surface area is 93.6 Å². The van der Waals surface area contributed by atoms with E-state index < -0.39 is 0 Å². The zero-order chi connectivity index (χ0) is 10.7. The highest BCUT2D eigenvalue weighted by molar-refractivity contribution is 7.11. The highest BCUT2D eigenvalue weighted by Gasteiger charge is 2.01. The van der Waals surface area contributed by atoms with Crippen LogP contribution < -0.4 is 4.74 Å². The summed E-state index contributed by atoms with van der Waals surface area (Å²) in [6.45, 7) is 4.35. The van der Waals surface area contributed by atoms with Gasteiger partial charge in [0.2, 0.25) is 0 Å². The first-order valence-corrected chi connectivity index (χ1v) is 5.81. The minimum atomic E-state index is 0.555. The minimum absolute atomic E-state index is 0.555. The lowest BCUT2D eigenvalue weighted by Gasteiger charge is -2.06. The van der Waals surface area contributed by atoms with Crippen LogP contribution in [-0.4, -0.2) is 4.98 Å². The molecular formula is C12H13NOS. The normalized spacial score (nSPS) is 10.6. The Morgan fingerprint density at radius 3 is 2.47 bits per heavy atom. The molecule has 78 valence electrons. The van der Waals surface area contributed by atoms with Gasteiger partial charge in [-0.1, -0.05) is 37.3 Å². The summed E-state index contributed by atoms with van der Waals surface area (Å²) in [4.78, 5) is 4.07. The monoisotopic (exact) mass is 219 g/mol. The molecular weight excluding hydrogens is 206 g/mol. The number of aromatic nitrogens is 1. The predicted octanol–water partition coefficient (Wildman–Crippen LogP) is 4.06. The van der Waals surface area contributed by atoms with Crippen LogP contribution in [0.2, 0.25) is 0 Å². The van der Waals surface area contributed by atoms with E-state index in [0.717, 1.165) is 5.75 Å². The highest BCUT2D eigenvalue weighted by Crippen LogP contribution is 2.24. The maximum absolute atomic E-state index is 5.56. The number of rotatable bonds is 3. The summed E-state index contributed by atoms with van der Waals surface area (Å²) in [6.07, 6.45) is 1.74.